The van der Waals surface area contributed by atoms with Crippen molar-refractivity contribution in [1.82, 2.24) is 5.16 Å². The number of carboxylic acids is 1. The number of hydrogen-bond acceptors (Lipinski definition) is 5. The molecule has 24 heavy (non-hydrogen) atoms. The molecule has 2 aromatic carbocycles. The van der Waals surface area contributed by atoms with Gasteiger partial charge in [-0.1, -0.05) is 21.1 Å². The number of fused-ring (bicyclic) bond motifs is 1. The summed E-state index contributed by atoms with van der Waals surface area (Å²) < 4.78 is 5.81. The number of hydrogen-bond donors (Lipinski definition) is 2. The summed E-state index contributed by atoms with van der Waals surface area (Å²) in [7, 11) is 0. The van der Waals surface area contributed by atoms with Gasteiger partial charge in [-0.2, -0.15) is 5.26 Å². The normalized spacial score (nSPS) is 10.3. The number of benzene rings is 2. The highest BCUT2D eigenvalue weighted by Crippen LogP contribution is 2.24. The van der Waals surface area contributed by atoms with E-state index in [9.17, 15) is 14.7 Å². The summed E-state index contributed by atoms with van der Waals surface area (Å²) in [4.78, 5) is 23.7. The number of rotatable bonds is 3. The highest BCUT2D eigenvalue weighted by molar-refractivity contribution is 9.10. The first-order valence-corrected chi connectivity index (χ1v) is 7.42. The topological polar surface area (TPSA) is 116 Å². The molecular formula is C16H8BrN3O4. The number of amides is 1. The Bertz CT molecular complexity index is 1020. The maximum Gasteiger partial charge on any atom is 0.337 e. The van der Waals surface area contributed by atoms with Crippen LogP contribution < -0.4 is 5.32 Å². The van der Waals surface area contributed by atoms with Crippen molar-refractivity contribution >= 4 is 44.4 Å². The fourth-order valence-corrected chi connectivity index (χ4v) is 2.52. The molecule has 0 fully saturated rings. The van der Waals surface area contributed by atoms with Gasteiger partial charge >= 0.3 is 5.97 Å². The van der Waals surface area contributed by atoms with Crippen molar-refractivity contribution in [1.29, 1.82) is 5.26 Å². The Hall–Kier alpha value is -3.18. The highest BCUT2D eigenvalue weighted by Gasteiger charge is 2.20. The highest BCUT2D eigenvalue weighted by atomic mass is 79.9. The lowest BCUT2D eigenvalue weighted by Crippen LogP contribution is -2.14. The van der Waals surface area contributed by atoms with E-state index in [2.05, 4.69) is 26.4 Å². The molecule has 0 atom stereocenters. The van der Waals surface area contributed by atoms with Gasteiger partial charge in [0.1, 0.15) is 5.52 Å². The third-order valence-electron chi connectivity index (χ3n) is 3.27. The Kier molecular flexibility index (Phi) is 4.02. The molecule has 1 aromatic heterocycles. The van der Waals surface area contributed by atoms with E-state index in [1.54, 1.807) is 18.2 Å². The van der Waals surface area contributed by atoms with Crippen LogP contribution in [-0.2, 0) is 0 Å². The van der Waals surface area contributed by atoms with Crippen LogP contribution in [0, 0.1) is 11.3 Å². The second-order valence-corrected chi connectivity index (χ2v) is 5.72. The van der Waals surface area contributed by atoms with Crippen LogP contribution in [0.15, 0.2) is 45.4 Å². The van der Waals surface area contributed by atoms with Gasteiger partial charge in [-0.25, -0.2) is 4.79 Å². The third-order valence-corrected chi connectivity index (χ3v) is 3.77. The summed E-state index contributed by atoms with van der Waals surface area (Å²) in [5, 5.41) is 24.9. The van der Waals surface area contributed by atoms with Crippen LogP contribution in [0.3, 0.4) is 0 Å². The van der Waals surface area contributed by atoms with Gasteiger partial charge in [-0.05, 0) is 36.4 Å². The van der Waals surface area contributed by atoms with E-state index in [4.69, 9.17) is 9.78 Å². The van der Waals surface area contributed by atoms with Gasteiger partial charge in [0.25, 0.3) is 5.91 Å². The number of aromatic carboxylic acids is 1. The van der Waals surface area contributed by atoms with Crippen LogP contribution in [0.1, 0.15) is 26.5 Å². The van der Waals surface area contributed by atoms with E-state index in [1.807, 2.05) is 6.07 Å². The van der Waals surface area contributed by atoms with Crippen LogP contribution in [0.2, 0.25) is 0 Å². The van der Waals surface area contributed by atoms with Crippen molar-refractivity contribution in [2.75, 3.05) is 5.32 Å². The molecule has 2 N–H and O–H groups in total. The van der Waals surface area contributed by atoms with E-state index in [-0.39, 0.29) is 22.6 Å². The monoisotopic (exact) mass is 385 g/mol. The van der Waals surface area contributed by atoms with Gasteiger partial charge in [-0.15, -0.1) is 0 Å². The molecule has 3 rings (SSSR count). The largest absolute Gasteiger partial charge is 0.478 e. The molecular weight excluding hydrogens is 378 g/mol. The number of carbonyl (C=O) groups excluding carboxylic acids is 1. The molecule has 7 nitrogen and oxygen atoms in total. The fraction of sp³-hybridized carbons (Fsp3) is 0. The number of carboxylic acid groups (broad SMARTS) is 1. The van der Waals surface area contributed by atoms with Gasteiger partial charge in [0.2, 0.25) is 5.76 Å². The van der Waals surface area contributed by atoms with E-state index >= 15 is 0 Å². The first-order valence-electron chi connectivity index (χ1n) is 6.63. The van der Waals surface area contributed by atoms with Crippen molar-refractivity contribution in [2.45, 2.75) is 0 Å². The van der Waals surface area contributed by atoms with Crippen LogP contribution >= 0.6 is 15.9 Å². The van der Waals surface area contributed by atoms with Gasteiger partial charge in [0, 0.05) is 4.47 Å². The van der Waals surface area contributed by atoms with Crippen LogP contribution in [0.4, 0.5) is 5.69 Å². The Labute approximate surface area is 143 Å². The number of halogens is 1. The van der Waals surface area contributed by atoms with E-state index < -0.39 is 11.9 Å². The average Bonchev–Trinajstić information content (AvgIpc) is 2.98. The van der Waals surface area contributed by atoms with Crippen LogP contribution in [0.5, 0.6) is 0 Å². The lowest BCUT2D eigenvalue weighted by Gasteiger charge is -2.07. The van der Waals surface area contributed by atoms with Gasteiger partial charge in [0.05, 0.1) is 28.3 Å². The first kappa shape index (κ1) is 15.7. The molecule has 3 aromatic rings. The predicted molar refractivity (Wildman–Crippen MR) is 87.8 cm³/mol. The fourth-order valence-electron chi connectivity index (χ4n) is 2.16. The zero-order valence-corrected chi connectivity index (χ0v) is 13.5. The molecule has 0 saturated heterocycles. The smallest absolute Gasteiger partial charge is 0.337 e. The third kappa shape index (κ3) is 2.85. The minimum absolute atomic E-state index is 0.0352. The minimum atomic E-state index is -1.26. The number of nitriles is 1. The quantitative estimate of drug-likeness (QED) is 0.713. The van der Waals surface area contributed by atoms with Crippen molar-refractivity contribution in [3.8, 4) is 6.07 Å². The van der Waals surface area contributed by atoms with E-state index in [1.165, 1.54) is 18.2 Å². The molecule has 118 valence electrons. The molecule has 1 heterocycles. The SMILES string of the molecule is N#Cc1ccc(NC(=O)c2onc3ccc(Br)cc23)c(C(=O)O)c1. The molecule has 0 spiro atoms. The van der Waals surface area contributed by atoms with Gasteiger partial charge in [0.15, 0.2) is 0 Å². The van der Waals surface area contributed by atoms with E-state index in [0.29, 0.717) is 10.9 Å². The second kappa shape index (κ2) is 6.14. The second-order valence-electron chi connectivity index (χ2n) is 4.80. The molecule has 0 aliphatic heterocycles. The first-order chi connectivity index (χ1) is 11.5. The van der Waals surface area contributed by atoms with Crippen molar-refractivity contribution < 1.29 is 19.2 Å². The summed E-state index contributed by atoms with van der Waals surface area (Å²) >= 11 is 3.30. The molecule has 8 heteroatoms. The minimum Gasteiger partial charge on any atom is -0.478 e. The molecule has 0 bridgehead atoms. The lowest BCUT2D eigenvalue weighted by atomic mass is 10.1. The summed E-state index contributed by atoms with van der Waals surface area (Å²) in [6.07, 6.45) is 0. The van der Waals surface area contributed by atoms with E-state index in [0.717, 1.165) is 4.47 Å². The lowest BCUT2D eigenvalue weighted by molar-refractivity contribution is 0.0698. The summed E-state index contributed by atoms with van der Waals surface area (Å²) in [6.45, 7) is 0. The Morgan fingerprint density at radius 2 is 2.04 bits per heavy atom. The average molecular weight is 386 g/mol. The molecule has 1 amide bonds. The molecule has 0 saturated carbocycles. The maximum atomic E-state index is 12.4. The van der Waals surface area contributed by atoms with Gasteiger partial charge in [-0.3, -0.25) is 4.79 Å². The molecule has 0 aliphatic carbocycles. The standard InChI is InChI=1S/C16H8BrN3O4/c17-9-2-4-13-10(6-9)14(24-20-13)15(21)19-12-3-1-8(7-18)5-11(12)16(22)23/h1-6H,(H,19,21)(H,22,23). The van der Waals surface area contributed by atoms with Crippen LogP contribution in [0.25, 0.3) is 10.9 Å². The Balaban J connectivity index is 1.99. The number of anilines is 1. The molecule has 0 radical (unpaired) electrons. The van der Waals surface area contributed by atoms with Gasteiger partial charge < -0.3 is 14.9 Å². The van der Waals surface area contributed by atoms with Crippen LogP contribution in [-0.4, -0.2) is 22.1 Å². The number of nitrogens with one attached hydrogen (secondary N) is 1. The van der Waals surface area contributed by atoms with Crippen molar-refractivity contribution in [2.24, 2.45) is 0 Å². The zero-order valence-electron chi connectivity index (χ0n) is 11.9. The molecule has 0 unspecified atom stereocenters. The number of carbonyl (C=O) groups is 2. The zero-order chi connectivity index (χ0) is 17.3. The van der Waals surface area contributed by atoms with Crippen molar-refractivity contribution in [3.05, 3.63) is 57.8 Å². The molecule has 0 aliphatic rings. The number of aromatic nitrogens is 1. The summed E-state index contributed by atoms with van der Waals surface area (Å²) in [5.41, 5.74) is 0.555. The Morgan fingerprint density at radius 3 is 2.75 bits per heavy atom. The maximum absolute atomic E-state index is 12.4. The summed E-state index contributed by atoms with van der Waals surface area (Å²) in [5.74, 6) is -1.93. The Morgan fingerprint density at radius 1 is 1.25 bits per heavy atom. The summed E-state index contributed by atoms with van der Waals surface area (Å²) in [6, 6.07) is 10.9. The van der Waals surface area contributed by atoms with Crippen molar-refractivity contribution in [3.63, 3.8) is 0 Å². The predicted octanol–water partition coefficient (Wildman–Crippen LogP) is 3.41. The number of nitrogens with zero attached hydrogens (tertiary/aromatic N) is 2.